The summed E-state index contributed by atoms with van der Waals surface area (Å²) in [5, 5.41) is 0. The first kappa shape index (κ1) is 18.5. The number of methoxy groups -OCH3 is 1. The summed E-state index contributed by atoms with van der Waals surface area (Å²) in [7, 11) is 2.84. The lowest BCUT2D eigenvalue weighted by atomic mass is 10.1. The first-order valence-corrected chi connectivity index (χ1v) is 7.71. The third-order valence-corrected chi connectivity index (χ3v) is 3.43. The molecule has 122 valence electrons. The normalized spacial score (nSPS) is 12.5. The fourth-order valence-electron chi connectivity index (χ4n) is 1.86. The van der Waals surface area contributed by atoms with Gasteiger partial charge < -0.3 is 9.47 Å². The van der Waals surface area contributed by atoms with Gasteiger partial charge in [0, 0.05) is 17.9 Å². The van der Waals surface area contributed by atoms with Gasteiger partial charge in [0.05, 0.1) is 7.11 Å². The van der Waals surface area contributed by atoms with Gasteiger partial charge in [0.25, 0.3) is 0 Å². The molecule has 0 bridgehead atoms. The zero-order valence-electron chi connectivity index (χ0n) is 13.6. The Labute approximate surface area is 139 Å². The molecule has 1 amide bonds. The van der Waals surface area contributed by atoms with E-state index in [9.17, 15) is 9.59 Å². The maximum Gasteiger partial charge on any atom is 0.410 e. The van der Waals surface area contributed by atoms with Gasteiger partial charge in [-0.3, -0.25) is 4.90 Å². The van der Waals surface area contributed by atoms with Gasteiger partial charge in [-0.2, -0.15) is 0 Å². The van der Waals surface area contributed by atoms with Crippen molar-refractivity contribution in [1.29, 1.82) is 0 Å². The van der Waals surface area contributed by atoms with Crippen LogP contribution in [0.5, 0.6) is 0 Å². The average molecular weight is 372 g/mol. The summed E-state index contributed by atoms with van der Waals surface area (Å²) in [6, 6.07) is 6.83. The molecule has 1 rings (SSSR count). The Morgan fingerprint density at radius 2 is 1.95 bits per heavy atom. The summed E-state index contributed by atoms with van der Waals surface area (Å²) >= 11 is 3.39. The van der Waals surface area contributed by atoms with Gasteiger partial charge in [-0.1, -0.05) is 28.1 Å². The summed E-state index contributed by atoms with van der Waals surface area (Å²) in [4.78, 5) is 25.5. The van der Waals surface area contributed by atoms with E-state index in [4.69, 9.17) is 9.47 Å². The molecule has 6 heteroatoms. The number of amides is 1. The van der Waals surface area contributed by atoms with Crippen LogP contribution in [0.4, 0.5) is 4.79 Å². The maximum atomic E-state index is 12.2. The number of carbonyl (C=O) groups excluding carboxylic acids is 2. The number of benzene rings is 1. The van der Waals surface area contributed by atoms with E-state index >= 15 is 0 Å². The number of likely N-dealkylation sites (N-methyl/N-ethyl adjacent to an activating group) is 1. The van der Waals surface area contributed by atoms with E-state index < -0.39 is 23.7 Å². The number of carbonyl (C=O) groups is 2. The quantitative estimate of drug-likeness (QED) is 0.761. The van der Waals surface area contributed by atoms with Gasteiger partial charge in [-0.25, -0.2) is 9.59 Å². The van der Waals surface area contributed by atoms with E-state index in [1.165, 1.54) is 19.1 Å². The number of hydrogen-bond acceptors (Lipinski definition) is 4. The Morgan fingerprint density at radius 1 is 1.32 bits per heavy atom. The molecule has 1 unspecified atom stereocenters. The zero-order chi connectivity index (χ0) is 16.9. The molecule has 0 radical (unpaired) electrons. The number of esters is 1. The van der Waals surface area contributed by atoms with E-state index in [2.05, 4.69) is 15.9 Å². The molecular weight excluding hydrogens is 350 g/mol. The molecule has 0 aliphatic carbocycles. The second kappa shape index (κ2) is 7.63. The molecule has 0 fully saturated rings. The first-order valence-electron chi connectivity index (χ1n) is 6.92. The van der Waals surface area contributed by atoms with Crippen LogP contribution in [-0.4, -0.2) is 42.8 Å². The molecule has 5 nitrogen and oxygen atoms in total. The molecule has 0 aromatic heterocycles. The van der Waals surface area contributed by atoms with Crippen molar-refractivity contribution in [3.05, 3.63) is 34.3 Å². The maximum absolute atomic E-state index is 12.2. The molecule has 0 aliphatic rings. The Bertz CT molecular complexity index is 539. The number of nitrogens with zero attached hydrogens (tertiary/aromatic N) is 1. The van der Waals surface area contributed by atoms with E-state index in [1.54, 1.807) is 20.8 Å². The smallest absolute Gasteiger partial charge is 0.410 e. The van der Waals surface area contributed by atoms with E-state index in [0.717, 1.165) is 10.0 Å². The second-order valence-corrected chi connectivity index (χ2v) is 6.88. The summed E-state index contributed by atoms with van der Waals surface area (Å²) in [6.07, 6.45) is -0.208. The summed E-state index contributed by atoms with van der Waals surface area (Å²) in [5.74, 6) is -0.478. The molecule has 0 saturated carbocycles. The predicted molar refractivity (Wildman–Crippen MR) is 87.6 cm³/mol. The highest BCUT2D eigenvalue weighted by molar-refractivity contribution is 9.10. The number of rotatable bonds is 4. The molecular formula is C16H22BrNO4. The highest BCUT2D eigenvalue weighted by Gasteiger charge is 2.31. The van der Waals surface area contributed by atoms with Crippen LogP contribution in [0.25, 0.3) is 0 Å². The Kier molecular flexibility index (Phi) is 6.41. The Balaban J connectivity index is 2.93. The lowest BCUT2D eigenvalue weighted by molar-refractivity contribution is -0.146. The van der Waals surface area contributed by atoms with Crippen LogP contribution >= 0.6 is 15.9 Å². The monoisotopic (exact) mass is 371 g/mol. The fourth-order valence-corrected chi connectivity index (χ4v) is 2.31. The van der Waals surface area contributed by atoms with Crippen molar-refractivity contribution in [2.45, 2.75) is 38.8 Å². The summed E-state index contributed by atoms with van der Waals surface area (Å²) in [6.45, 7) is 5.33. The minimum absolute atomic E-state index is 0.349. The van der Waals surface area contributed by atoms with Crippen molar-refractivity contribution in [2.75, 3.05) is 14.2 Å². The Hall–Kier alpha value is -1.56. The van der Waals surface area contributed by atoms with E-state index in [0.29, 0.717) is 6.42 Å². The van der Waals surface area contributed by atoms with Crippen molar-refractivity contribution in [1.82, 2.24) is 4.90 Å². The highest BCUT2D eigenvalue weighted by Crippen LogP contribution is 2.17. The van der Waals surface area contributed by atoms with Crippen LogP contribution in [-0.2, 0) is 20.7 Å². The lowest BCUT2D eigenvalue weighted by Gasteiger charge is -2.29. The van der Waals surface area contributed by atoms with Crippen molar-refractivity contribution >= 4 is 28.0 Å². The predicted octanol–water partition coefficient (Wildman–Crippen LogP) is 3.40. The van der Waals surface area contributed by atoms with Crippen LogP contribution in [0.2, 0.25) is 0 Å². The Morgan fingerprint density at radius 3 is 2.45 bits per heavy atom. The standard InChI is InChI=1S/C16H22BrNO4/c1-16(2,3)22-15(20)18(4)13(14(19)21-5)10-11-7-6-8-12(17)9-11/h6-9,13H,10H2,1-5H3. The van der Waals surface area contributed by atoms with Crippen molar-refractivity contribution < 1.29 is 19.1 Å². The fraction of sp³-hybridized carbons (Fsp3) is 0.500. The van der Waals surface area contributed by atoms with E-state index in [1.807, 2.05) is 24.3 Å². The van der Waals surface area contributed by atoms with Gasteiger partial charge in [0.15, 0.2) is 0 Å². The van der Waals surface area contributed by atoms with Gasteiger partial charge in [0.2, 0.25) is 0 Å². The summed E-state index contributed by atoms with van der Waals surface area (Å²) < 4.78 is 11.0. The molecule has 1 atom stereocenters. The second-order valence-electron chi connectivity index (χ2n) is 5.96. The van der Waals surface area contributed by atoms with Crippen LogP contribution in [0, 0.1) is 0 Å². The average Bonchev–Trinajstić information content (AvgIpc) is 2.41. The SMILES string of the molecule is COC(=O)C(Cc1cccc(Br)c1)N(C)C(=O)OC(C)(C)C. The van der Waals surface area contributed by atoms with Crippen molar-refractivity contribution in [3.8, 4) is 0 Å². The number of halogens is 1. The minimum atomic E-state index is -0.742. The number of hydrogen-bond donors (Lipinski definition) is 0. The van der Waals surface area contributed by atoms with Crippen molar-refractivity contribution in [2.24, 2.45) is 0 Å². The topological polar surface area (TPSA) is 55.8 Å². The van der Waals surface area contributed by atoms with Crippen LogP contribution in [0.1, 0.15) is 26.3 Å². The molecule has 0 spiro atoms. The molecule has 0 aliphatic heterocycles. The highest BCUT2D eigenvalue weighted by atomic mass is 79.9. The van der Waals surface area contributed by atoms with Crippen LogP contribution in [0.15, 0.2) is 28.7 Å². The van der Waals surface area contributed by atoms with E-state index in [-0.39, 0.29) is 0 Å². The van der Waals surface area contributed by atoms with Gasteiger partial charge in [0.1, 0.15) is 11.6 Å². The van der Waals surface area contributed by atoms with Gasteiger partial charge >= 0.3 is 12.1 Å². The van der Waals surface area contributed by atoms with Gasteiger partial charge in [-0.15, -0.1) is 0 Å². The third kappa shape index (κ3) is 5.67. The van der Waals surface area contributed by atoms with Crippen LogP contribution in [0.3, 0.4) is 0 Å². The molecule has 22 heavy (non-hydrogen) atoms. The molecule has 1 aromatic carbocycles. The largest absolute Gasteiger partial charge is 0.467 e. The lowest BCUT2D eigenvalue weighted by Crippen LogP contribution is -2.46. The van der Waals surface area contributed by atoms with Crippen molar-refractivity contribution in [3.63, 3.8) is 0 Å². The minimum Gasteiger partial charge on any atom is -0.467 e. The van der Waals surface area contributed by atoms with Gasteiger partial charge in [-0.05, 0) is 38.5 Å². The van der Waals surface area contributed by atoms with Crippen LogP contribution < -0.4 is 0 Å². The first-order chi connectivity index (χ1) is 10.1. The third-order valence-electron chi connectivity index (χ3n) is 2.94. The summed E-state index contributed by atoms with van der Waals surface area (Å²) in [5.41, 5.74) is 0.294. The molecule has 1 aromatic rings. The number of ether oxygens (including phenoxy) is 2. The zero-order valence-corrected chi connectivity index (χ0v) is 15.1. The molecule has 0 heterocycles. The molecule has 0 saturated heterocycles. The molecule has 0 N–H and O–H groups in total.